The number of fused-ring (bicyclic) bond motifs is 1. The third-order valence-electron chi connectivity index (χ3n) is 4.02. The van der Waals surface area contributed by atoms with E-state index in [0.717, 1.165) is 11.1 Å². The number of hydrogen-bond acceptors (Lipinski definition) is 1. The first-order valence-corrected chi connectivity index (χ1v) is 7.32. The Hall–Kier alpha value is -2.60. The lowest BCUT2D eigenvalue weighted by atomic mass is 9.86. The molecular weight excluding hydrogens is 272 g/mol. The van der Waals surface area contributed by atoms with Crippen molar-refractivity contribution in [3.05, 3.63) is 64.8 Å². The normalized spacial score (nSPS) is 14.3. The van der Waals surface area contributed by atoms with Crippen LogP contribution in [0.1, 0.15) is 48.8 Å². The molecule has 110 valence electrons. The number of nitrogens with zero attached hydrogens (tertiary/aromatic N) is 2. The third kappa shape index (κ3) is 2.48. The van der Waals surface area contributed by atoms with E-state index in [-0.39, 0.29) is 11.2 Å². The van der Waals surface area contributed by atoms with Gasteiger partial charge in [0.1, 0.15) is 0 Å². The second kappa shape index (κ2) is 4.99. The monoisotopic (exact) mass is 290 g/mol. The molecule has 0 unspecified atom stereocenters. The van der Waals surface area contributed by atoms with Crippen molar-refractivity contribution >= 4 is 23.2 Å². The molecule has 0 spiro atoms. The Balaban J connectivity index is 1.99. The Morgan fingerprint density at radius 1 is 1.18 bits per heavy atom. The summed E-state index contributed by atoms with van der Waals surface area (Å²) >= 11 is 0. The fourth-order valence-corrected chi connectivity index (χ4v) is 2.69. The van der Waals surface area contributed by atoms with Crippen molar-refractivity contribution < 1.29 is 4.79 Å². The largest absolute Gasteiger partial charge is 0.332 e. The van der Waals surface area contributed by atoms with Crippen LogP contribution in [0.4, 0.5) is 5.69 Å². The molecule has 0 N–H and O–H groups in total. The minimum Gasteiger partial charge on any atom is -0.332 e. The van der Waals surface area contributed by atoms with Crippen LogP contribution in [-0.2, 0) is 5.41 Å². The van der Waals surface area contributed by atoms with Crippen LogP contribution in [-0.4, -0.2) is 10.4 Å². The molecule has 0 bridgehead atoms. The van der Waals surface area contributed by atoms with Gasteiger partial charge in [-0.2, -0.15) is 0 Å². The minimum atomic E-state index is 0.0623. The van der Waals surface area contributed by atoms with Gasteiger partial charge in [-0.3, -0.25) is 4.79 Å². The van der Waals surface area contributed by atoms with Crippen LogP contribution in [0.25, 0.3) is 16.6 Å². The highest BCUT2D eigenvalue weighted by Crippen LogP contribution is 2.31. The van der Waals surface area contributed by atoms with Crippen LogP contribution < -0.4 is 0 Å². The lowest BCUT2D eigenvalue weighted by molar-refractivity contribution is 0.0990. The number of benzene rings is 1. The zero-order valence-electron chi connectivity index (χ0n) is 13.1. The second-order valence-corrected chi connectivity index (χ2v) is 6.68. The fraction of sp³-hybridized carbons (Fsp3) is 0.263. The molecule has 1 aliphatic heterocycles. The number of ketones is 1. The average molecular weight is 290 g/mol. The van der Waals surface area contributed by atoms with Crippen LogP contribution in [0.2, 0.25) is 0 Å². The molecular formula is C19H18N2O. The fourth-order valence-electron chi connectivity index (χ4n) is 2.69. The number of carbonyl (C=O) groups excluding carboxylic acids is 1. The van der Waals surface area contributed by atoms with Crippen molar-refractivity contribution in [1.29, 1.82) is 0 Å². The summed E-state index contributed by atoms with van der Waals surface area (Å²) in [5.41, 5.74) is 4.55. The highest BCUT2D eigenvalue weighted by Gasteiger charge is 2.21. The number of aromatic nitrogens is 1. The van der Waals surface area contributed by atoms with Crippen molar-refractivity contribution in [2.75, 3.05) is 0 Å². The summed E-state index contributed by atoms with van der Waals surface area (Å²) < 4.78 is 1.77. The highest BCUT2D eigenvalue weighted by molar-refractivity contribution is 6.07. The van der Waals surface area contributed by atoms with Crippen LogP contribution in [0, 0.1) is 6.57 Å². The van der Waals surface area contributed by atoms with E-state index in [4.69, 9.17) is 6.57 Å². The van der Waals surface area contributed by atoms with Gasteiger partial charge in [0, 0.05) is 18.8 Å². The molecule has 3 nitrogen and oxygen atoms in total. The van der Waals surface area contributed by atoms with E-state index >= 15 is 0 Å². The second-order valence-electron chi connectivity index (χ2n) is 6.68. The van der Waals surface area contributed by atoms with Crippen LogP contribution in [0.3, 0.4) is 0 Å². The molecule has 2 heterocycles. The van der Waals surface area contributed by atoms with E-state index in [1.165, 1.54) is 5.56 Å². The summed E-state index contributed by atoms with van der Waals surface area (Å²) in [6.45, 7) is 13.6. The van der Waals surface area contributed by atoms with Gasteiger partial charge < -0.3 is 4.57 Å². The standard InChI is InChI=1S/C19H18N2O/c1-19(2,3)15-7-5-13(6-8-15)14-9-18(22)17-10-16(20-4)12-21(17)11-14/h5-8,10-12H,9H2,1-3H3. The molecule has 0 amide bonds. The summed E-state index contributed by atoms with van der Waals surface area (Å²) in [4.78, 5) is 15.7. The van der Waals surface area contributed by atoms with E-state index in [2.05, 4.69) is 49.9 Å². The molecule has 0 fully saturated rings. The van der Waals surface area contributed by atoms with E-state index in [0.29, 0.717) is 17.8 Å². The molecule has 1 aromatic heterocycles. The number of carbonyl (C=O) groups is 1. The summed E-state index contributed by atoms with van der Waals surface area (Å²) in [6, 6.07) is 10.0. The Morgan fingerprint density at radius 3 is 2.45 bits per heavy atom. The van der Waals surface area contributed by atoms with Crippen LogP contribution in [0.15, 0.2) is 36.5 Å². The molecule has 0 aliphatic carbocycles. The molecule has 0 saturated heterocycles. The van der Waals surface area contributed by atoms with Crippen molar-refractivity contribution in [3.63, 3.8) is 0 Å². The van der Waals surface area contributed by atoms with Gasteiger partial charge in [0.15, 0.2) is 5.78 Å². The predicted molar refractivity (Wildman–Crippen MR) is 89.0 cm³/mol. The maximum absolute atomic E-state index is 12.3. The van der Waals surface area contributed by atoms with E-state index in [1.807, 2.05) is 6.20 Å². The maximum atomic E-state index is 12.3. The first-order chi connectivity index (χ1) is 10.4. The SMILES string of the molecule is [C-]#[N+]c1cc2n(c1)C=C(c1ccc(C(C)(C)C)cc1)CC2=O. The number of allylic oxidation sites excluding steroid dienone is 1. The first kappa shape index (κ1) is 14.3. The zero-order chi connectivity index (χ0) is 15.9. The maximum Gasteiger partial charge on any atom is 0.205 e. The molecule has 0 radical (unpaired) electrons. The summed E-state index contributed by atoms with van der Waals surface area (Å²) in [6.07, 6.45) is 4.05. The van der Waals surface area contributed by atoms with E-state index < -0.39 is 0 Å². The molecule has 0 saturated carbocycles. The third-order valence-corrected chi connectivity index (χ3v) is 4.02. The molecule has 3 heteroatoms. The molecule has 1 aromatic carbocycles. The van der Waals surface area contributed by atoms with E-state index in [1.54, 1.807) is 16.8 Å². The van der Waals surface area contributed by atoms with Crippen molar-refractivity contribution in [2.45, 2.75) is 32.6 Å². The molecule has 0 atom stereocenters. The Morgan fingerprint density at radius 2 is 1.86 bits per heavy atom. The Labute approximate surface area is 130 Å². The first-order valence-electron chi connectivity index (χ1n) is 7.32. The molecule has 2 aromatic rings. The van der Waals surface area contributed by atoms with Gasteiger partial charge in [-0.15, -0.1) is 0 Å². The van der Waals surface area contributed by atoms with Gasteiger partial charge in [0.05, 0.1) is 12.3 Å². The van der Waals surface area contributed by atoms with E-state index in [9.17, 15) is 4.79 Å². The number of rotatable bonds is 1. The summed E-state index contributed by atoms with van der Waals surface area (Å²) in [7, 11) is 0. The summed E-state index contributed by atoms with van der Waals surface area (Å²) in [5, 5.41) is 0. The van der Waals surface area contributed by atoms with Crippen molar-refractivity contribution in [3.8, 4) is 0 Å². The van der Waals surface area contributed by atoms with Gasteiger partial charge in [0.25, 0.3) is 0 Å². The Kier molecular flexibility index (Phi) is 3.26. The number of hydrogen-bond donors (Lipinski definition) is 0. The van der Waals surface area contributed by atoms with Crippen molar-refractivity contribution in [1.82, 2.24) is 4.57 Å². The average Bonchev–Trinajstić information content (AvgIpc) is 2.90. The van der Waals surface area contributed by atoms with Crippen LogP contribution >= 0.6 is 0 Å². The van der Waals surface area contributed by atoms with Gasteiger partial charge in [0.2, 0.25) is 5.69 Å². The van der Waals surface area contributed by atoms with Gasteiger partial charge in [-0.1, -0.05) is 45.0 Å². The van der Waals surface area contributed by atoms with Crippen LogP contribution in [0.5, 0.6) is 0 Å². The number of Topliss-reactive ketones (excluding diaryl/α,β-unsaturated/α-hetero) is 1. The molecule has 3 rings (SSSR count). The van der Waals surface area contributed by atoms with Gasteiger partial charge >= 0.3 is 0 Å². The zero-order valence-corrected chi connectivity index (χ0v) is 13.1. The quantitative estimate of drug-likeness (QED) is 0.685. The van der Waals surface area contributed by atoms with Crippen molar-refractivity contribution in [2.24, 2.45) is 0 Å². The lowest BCUT2D eigenvalue weighted by Gasteiger charge is -2.20. The predicted octanol–water partition coefficient (Wildman–Crippen LogP) is 4.92. The highest BCUT2D eigenvalue weighted by atomic mass is 16.1. The molecule has 22 heavy (non-hydrogen) atoms. The van der Waals surface area contributed by atoms with Gasteiger partial charge in [-0.05, 0) is 28.2 Å². The topological polar surface area (TPSA) is 26.4 Å². The molecule has 1 aliphatic rings. The smallest absolute Gasteiger partial charge is 0.205 e. The van der Waals surface area contributed by atoms with Gasteiger partial charge in [-0.25, -0.2) is 4.85 Å². The lowest BCUT2D eigenvalue weighted by Crippen LogP contribution is -2.12. The summed E-state index contributed by atoms with van der Waals surface area (Å²) in [5.74, 6) is 0.0623. The Bertz CT molecular complexity index is 809. The minimum absolute atomic E-state index is 0.0623.